The molecular formula is C17H29N3O4. The zero-order valence-corrected chi connectivity index (χ0v) is 14.5. The second-order valence-corrected chi connectivity index (χ2v) is 7.21. The Bertz CT molecular complexity index is 453. The van der Waals surface area contributed by atoms with Crippen molar-refractivity contribution < 1.29 is 19.2 Å². The van der Waals surface area contributed by atoms with Crippen molar-refractivity contribution in [3.8, 4) is 0 Å². The van der Waals surface area contributed by atoms with Gasteiger partial charge in [-0.2, -0.15) is 5.48 Å². The first-order valence-electron chi connectivity index (χ1n) is 9.13. The number of morpholine rings is 1. The van der Waals surface area contributed by atoms with Crippen LogP contribution in [0.1, 0.15) is 32.6 Å². The third-order valence-corrected chi connectivity index (χ3v) is 5.59. The normalized spacial score (nSPS) is 34.6. The van der Waals surface area contributed by atoms with Gasteiger partial charge >= 0.3 is 0 Å². The van der Waals surface area contributed by atoms with Crippen molar-refractivity contribution in [2.24, 2.45) is 11.8 Å². The van der Waals surface area contributed by atoms with E-state index in [1.807, 2.05) is 0 Å². The number of rotatable bonds is 5. The maximum Gasteiger partial charge on any atom is 0.234 e. The Balaban J connectivity index is 1.37. The van der Waals surface area contributed by atoms with Crippen molar-refractivity contribution in [2.45, 2.75) is 44.8 Å². The number of nitrogens with one attached hydrogen (secondary N) is 2. The highest BCUT2D eigenvalue weighted by Crippen LogP contribution is 2.35. The Labute approximate surface area is 143 Å². The number of ketones is 1. The summed E-state index contributed by atoms with van der Waals surface area (Å²) < 4.78 is 5.29. The van der Waals surface area contributed by atoms with E-state index in [0.717, 1.165) is 25.9 Å². The van der Waals surface area contributed by atoms with Crippen molar-refractivity contribution in [1.82, 2.24) is 15.7 Å². The summed E-state index contributed by atoms with van der Waals surface area (Å²) in [6.07, 6.45) is 3.00. The fraction of sp³-hybridized carbons (Fsp3) is 0.882. The molecule has 2 heterocycles. The minimum atomic E-state index is 0.0217. The minimum absolute atomic E-state index is 0.0217. The van der Waals surface area contributed by atoms with Crippen LogP contribution < -0.4 is 10.8 Å². The Morgan fingerprint density at radius 3 is 2.96 bits per heavy atom. The Morgan fingerprint density at radius 1 is 1.38 bits per heavy atom. The number of hydrogen-bond donors (Lipinski definition) is 2. The molecule has 3 fully saturated rings. The molecule has 0 aromatic heterocycles. The average Bonchev–Trinajstić information content (AvgIpc) is 2.58. The molecule has 24 heavy (non-hydrogen) atoms. The quantitative estimate of drug-likeness (QED) is 0.740. The van der Waals surface area contributed by atoms with E-state index in [9.17, 15) is 9.59 Å². The maximum absolute atomic E-state index is 12.0. The van der Waals surface area contributed by atoms with Crippen molar-refractivity contribution >= 4 is 11.7 Å². The molecule has 0 aromatic carbocycles. The number of ether oxygens (including phenoxy) is 1. The van der Waals surface area contributed by atoms with E-state index >= 15 is 0 Å². The molecule has 7 heteroatoms. The summed E-state index contributed by atoms with van der Waals surface area (Å²) in [6.45, 7) is 6.38. The van der Waals surface area contributed by atoms with Gasteiger partial charge in [-0.15, -0.1) is 0 Å². The number of hydrogen-bond acceptors (Lipinski definition) is 6. The van der Waals surface area contributed by atoms with E-state index in [2.05, 4.69) is 22.6 Å². The Hall–Kier alpha value is -1.02. The molecule has 136 valence electrons. The smallest absolute Gasteiger partial charge is 0.234 e. The fourth-order valence-corrected chi connectivity index (χ4v) is 4.01. The topological polar surface area (TPSA) is 79.9 Å². The molecule has 2 saturated heterocycles. The van der Waals surface area contributed by atoms with Crippen molar-refractivity contribution in [3.05, 3.63) is 0 Å². The Morgan fingerprint density at radius 2 is 2.17 bits per heavy atom. The minimum Gasteiger partial charge on any atom is -0.379 e. The van der Waals surface area contributed by atoms with E-state index in [-0.39, 0.29) is 18.1 Å². The summed E-state index contributed by atoms with van der Waals surface area (Å²) in [5, 5.41) is 3.01. The van der Waals surface area contributed by atoms with E-state index in [4.69, 9.17) is 9.57 Å². The van der Waals surface area contributed by atoms with Crippen LogP contribution in [-0.2, 0) is 19.2 Å². The number of amides is 1. The maximum atomic E-state index is 12.0. The molecule has 0 aromatic rings. The van der Waals surface area contributed by atoms with Crippen LogP contribution in [0.5, 0.6) is 0 Å². The molecule has 3 rings (SSSR count). The molecule has 1 amide bonds. The predicted octanol–water partition coefficient (Wildman–Crippen LogP) is 0.102. The van der Waals surface area contributed by atoms with Gasteiger partial charge in [-0.05, 0) is 24.7 Å². The zero-order chi connectivity index (χ0) is 16.9. The average molecular weight is 339 g/mol. The largest absolute Gasteiger partial charge is 0.379 e. The molecule has 2 aliphatic heterocycles. The lowest BCUT2D eigenvalue weighted by atomic mass is 9.74. The van der Waals surface area contributed by atoms with E-state index in [1.165, 1.54) is 0 Å². The highest BCUT2D eigenvalue weighted by atomic mass is 16.7. The van der Waals surface area contributed by atoms with Crippen molar-refractivity contribution in [1.29, 1.82) is 0 Å². The van der Waals surface area contributed by atoms with Gasteiger partial charge < -0.3 is 10.1 Å². The molecule has 2 N–H and O–H groups in total. The van der Waals surface area contributed by atoms with E-state index < -0.39 is 0 Å². The van der Waals surface area contributed by atoms with Gasteiger partial charge in [0.05, 0.1) is 25.9 Å². The third-order valence-electron chi connectivity index (χ3n) is 5.59. The number of carbonyl (C=O) groups is 2. The van der Waals surface area contributed by atoms with Crippen LogP contribution in [0.25, 0.3) is 0 Å². The summed E-state index contributed by atoms with van der Waals surface area (Å²) in [6, 6.07) is 0.225. The molecule has 4 unspecified atom stereocenters. The SMILES string of the molecule is CC1C(CCNC(=O)CN2CCOCC2)NOC2CC(=O)CCC21. The lowest BCUT2D eigenvalue weighted by Gasteiger charge is -2.43. The van der Waals surface area contributed by atoms with Gasteiger partial charge in [0.25, 0.3) is 0 Å². The molecule has 7 nitrogen and oxygen atoms in total. The van der Waals surface area contributed by atoms with Gasteiger partial charge in [0.2, 0.25) is 5.91 Å². The molecule has 4 atom stereocenters. The molecule has 0 bridgehead atoms. The van der Waals surface area contributed by atoms with Crippen LogP contribution in [0.4, 0.5) is 0 Å². The van der Waals surface area contributed by atoms with Crippen LogP contribution in [-0.4, -0.2) is 68.1 Å². The second-order valence-electron chi connectivity index (χ2n) is 7.21. The monoisotopic (exact) mass is 339 g/mol. The van der Waals surface area contributed by atoms with E-state index in [1.54, 1.807) is 0 Å². The lowest BCUT2D eigenvalue weighted by Crippen LogP contribution is -2.54. The van der Waals surface area contributed by atoms with Crippen LogP contribution in [0.2, 0.25) is 0 Å². The molecule has 0 radical (unpaired) electrons. The number of hydroxylamine groups is 1. The zero-order valence-electron chi connectivity index (χ0n) is 14.5. The first-order chi connectivity index (χ1) is 11.6. The highest BCUT2D eigenvalue weighted by molar-refractivity contribution is 5.79. The fourth-order valence-electron chi connectivity index (χ4n) is 4.01. The predicted molar refractivity (Wildman–Crippen MR) is 88.2 cm³/mol. The van der Waals surface area contributed by atoms with Crippen LogP contribution in [0, 0.1) is 11.8 Å². The molecule has 3 aliphatic rings. The highest BCUT2D eigenvalue weighted by Gasteiger charge is 2.40. The summed E-state index contributed by atoms with van der Waals surface area (Å²) in [5.41, 5.74) is 3.11. The number of carbonyl (C=O) groups excluding carboxylic acids is 2. The number of Topliss-reactive ketones (excluding diaryl/α,β-unsaturated/α-hetero) is 1. The van der Waals surface area contributed by atoms with Gasteiger partial charge in [-0.1, -0.05) is 6.92 Å². The first-order valence-corrected chi connectivity index (χ1v) is 9.13. The molecule has 1 aliphatic carbocycles. The van der Waals surface area contributed by atoms with Crippen molar-refractivity contribution in [2.75, 3.05) is 39.4 Å². The van der Waals surface area contributed by atoms with Crippen LogP contribution in [0.15, 0.2) is 0 Å². The second kappa shape index (κ2) is 8.38. The van der Waals surface area contributed by atoms with Crippen molar-refractivity contribution in [3.63, 3.8) is 0 Å². The first kappa shape index (κ1) is 17.8. The third kappa shape index (κ3) is 4.53. The standard InChI is InChI=1S/C17H29N3O4/c1-12-14-3-2-13(21)10-16(14)24-19-15(12)4-5-18-17(22)11-20-6-8-23-9-7-20/h12,14-16,19H,2-11H2,1H3,(H,18,22). The number of fused-ring (bicyclic) bond motifs is 1. The summed E-state index contributed by atoms with van der Waals surface area (Å²) in [5.74, 6) is 1.27. The van der Waals surface area contributed by atoms with Gasteiger partial charge in [0.1, 0.15) is 5.78 Å². The van der Waals surface area contributed by atoms with E-state index in [0.29, 0.717) is 56.8 Å². The molecular weight excluding hydrogens is 310 g/mol. The molecule has 0 spiro atoms. The van der Waals surface area contributed by atoms with Gasteiger partial charge in [0.15, 0.2) is 0 Å². The van der Waals surface area contributed by atoms with Gasteiger partial charge in [0, 0.05) is 38.5 Å². The van der Waals surface area contributed by atoms with Gasteiger partial charge in [-0.25, -0.2) is 0 Å². The number of nitrogens with zero attached hydrogens (tertiary/aromatic N) is 1. The van der Waals surface area contributed by atoms with Crippen LogP contribution in [0.3, 0.4) is 0 Å². The van der Waals surface area contributed by atoms with Crippen LogP contribution >= 0.6 is 0 Å². The van der Waals surface area contributed by atoms with Gasteiger partial charge in [-0.3, -0.25) is 19.3 Å². The summed E-state index contributed by atoms with van der Waals surface area (Å²) >= 11 is 0. The lowest BCUT2D eigenvalue weighted by molar-refractivity contribution is -0.160. The summed E-state index contributed by atoms with van der Waals surface area (Å²) in [7, 11) is 0. The Kier molecular flexibility index (Phi) is 6.21. The summed E-state index contributed by atoms with van der Waals surface area (Å²) in [4.78, 5) is 31.4. The molecule has 1 saturated carbocycles.